The van der Waals surface area contributed by atoms with Crippen molar-refractivity contribution < 1.29 is 0 Å². The van der Waals surface area contributed by atoms with Crippen molar-refractivity contribution in [1.29, 1.82) is 0 Å². The van der Waals surface area contributed by atoms with Crippen LogP contribution in [-0.2, 0) is 12.0 Å². The minimum absolute atomic E-state index is 0.0266. The first-order valence-corrected chi connectivity index (χ1v) is 7.60. The van der Waals surface area contributed by atoms with Crippen LogP contribution in [0.15, 0.2) is 30.3 Å². The molecule has 0 unspecified atom stereocenters. The standard InChI is InChI=1S/C16H22N2S/c1-5-17-11-14-12(2)18-15(19-14)16(3,4)13-9-7-6-8-10-13/h6-10,17H,5,11H2,1-4H3. The monoisotopic (exact) mass is 274 g/mol. The zero-order valence-corrected chi connectivity index (χ0v) is 13.0. The molecule has 0 saturated heterocycles. The summed E-state index contributed by atoms with van der Waals surface area (Å²) in [6, 6.07) is 10.6. The fourth-order valence-electron chi connectivity index (χ4n) is 2.08. The molecule has 102 valence electrons. The number of rotatable bonds is 5. The maximum atomic E-state index is 4.79. The van der Waals surface area contributed by atoms with Gasteiger partial charge in [-0.1, -0.05) is 37.3 Å². The third-order valence-electron chi connectivity index (χ3n) is 3.46. The van der Waals surface area contributed by atoms with E-state index in [0.717, 1.165) is 18.8 Å². The molecule has 1 aromatic heterocycles. The Kier molecular flexibility index (Phi) is 4.38. The van der Waals surface area contributed by atoms with Crippen LogP contribution in [0, 0.1) is 6.92 Å². The Morgan fingerprint density at radius 1 is 1.21 bits per heavy atom. The van der Waals surface area contributed by atoms with Gasteiger partial charge in [-0.15, -0.1) is 11.3 Å². The molecule has 0 spiro atoms. The first kappa shape index (κ1) is 14.2. The molecule has 1 N–H and O–H groups in total. The van der Waals surface area contributed by atoms with Gasteiger partial charge < -0.3 is 5.32 Å². The maximum absolute atomic E-state index is 4.79. The molecule has 2 rings (SSSR count). The highest BCUT2D eigenvalue weighted by atomic mass is 32.1. The summed E-state index contributed by atoms with van der Waals surface area (Å²) in [5.74, 6) is 0. The van der Waals surface area contributed by atoms with Gasteiger partial charge in [-0.25, -0.2) is 4.98 Å². The summed E-state index contributed by atoms with van der Waals surface area (Å²) in [5, 5.41) is 4.58. The molecule has 1 heterocycles. The lowest BCUT2D eigenvalue weighted by Crippen LogP contribution is -2.18. The number of hydrogen-bond donors (Lipinski definition) is 1. The molecule has 0 saturated carbocycles. The number of benzene rings is 1. The van der Waals surface area contributed by atoms with E-state index in [4.69, 9.17) is 4.98 Å². The Morgan fingerprint density at radius 2 is 1.89 bits per heavy atom. The largest absolute Gasteiger partial charge is 0.312 e. The fraction of sp³-hybridized carbons (Fsp3) is 0.438. The predicted molar refractivity (Wildman–Crippen MR) is 82.8 cm³/mol. The molecular weight excluding hydrogens is 252 g/mol. The van der Waals surface area contributed by atoms with Crippen LogP contribution in [0.3, 0.4) is 0 Å². The number of nitrogens with one attached hydrogen (secondary N) is 1. The SMILES string of the molecule is CCNCc1sc(C(C)(C)c2ccccc2)nc1C. The minimum Gasteiger partial charge on any atom is -0.312 e. The van der Waals surface area contributed by atoms with Crippen LogP contribution < -0.4 is 5.32 Å². The predicted octanol–water partition coefficient (Wildman–Crippen LogP) is 3.89. The van der Waals surface area contributed by atoms with E-state index in [1.165, 1.54) is 15.4 Å². The van der Waals surface area contributed by atoms with Crippen LogP contribution in [0.25, 0.3) is 0 Å². The van der Waals surface area contributed by atoms with E-state index in [0.29, 0.717) is 0 Å². The average molecular weight is 274 g/mol. The molecule has 0 atom stereocenters. The second-order valence-electron chi connectivity index (χ2n) is 5.30. The summed E-state index contributed by atoms with van der Waals surface area (Å²) in [7, 11) is 0. The van der Waals surface area contributed by atoms with E-state index in [9.17, 15) is 0 Å². The summed E-state index contributed by atoms with van der Waals surface area (Å²) < 4.78 is 0. The van der Waals surface area contributed by atoms with Crippen LogP contribution in [0.1, 0.15) is 41.9 Å². The molecule has 0 aliphatic heterocycles. The van der Waals surface area contributed by atoms with Crippen LogP contribution in [0.5, 0.6) is 0 Å². The van der Waals surface area contributed by atoms with Crippen molar-refractivity contribution in [2.24, 2.45) is 0 Å². The van der Waals surface area contributed by atoms with Gasteiger partial charge in [0.25, 0.3) is 0 Å². The van der Waals surface area contributed by atoms with Gasteiger partial charge >= 0.3 is 0 Å². The molecule has 0 aliphatic rings. The molecule has 2 nitrogen and oxygen atoms in total. The van der Waals surface area contributed by atoms with Crippen molar-refractivity contribution in [2.75, 3.05) is 6.54 Å². The third kappa shape index (κ3) is 3.04. The van der Waals surface area contributed by atoms with E-state index in [1.54, 1.807) is 0 Å². The van der Waals surface area contributed by atoms with Gasteiger partial charge in [0.2, 0.25) is 0 Å². The molecule has 0 amide bonds. The molecule has 0 bridgehead atoms. The summed E-state index contributed by atoms with van der Waals surface area (Å²) in [6.07, 6.45) is 0. The molecule has 19 heavy (non-hydrogen) atoms. The lowest BCUT2D eigenvalue weighted by atomic mass is 9.85. The van der Waals surface area contributed by atoms with Crippen LogP contribution in [0.2, 0.25) is 0 Å². The fourth-order valence-corrected chi connectivity index (χ4v) is 3.23. The van der Waals surface area contributed by atoms with Crippen molar-refractivity contribution in [3.05, 3.63) is 51.5 Å². The number of hydrogen-bond acceptors (Lipinski definition) is 3. The quantitative estimate of drug-likeness (QED) is 0.895. The molecule has 1 aromatic carbocycles. The zero-order valence-electron chi connectivity index (χ0n) is 12.2. The lowest BCUT2D eigenvalue weighted by molar-refractivity contribution is 0.633. The highest BCUT2D eigenvalue weighted by Crippen LogP contribution is 2.35. The maximum Gasteiger partial charge on any atom is 0.103 e. The molecule has 0 radical (unpaired) electrons. The Bertz CT molecular complexity index is 529. The third-order valence-corrected chi connectivity index (χ3v) is 4.94. The Labute approximate surface area is 119 Å². The summed E-state index contributed by atoms with van der Waals surface area (Å²) >= 11 is 1.83. The van der Waals surface area contributed by atoms with Gasteiger partial charge in [-0.2, -0.15) is 0 Å². The number of nitrogens with zero attached hydrogens (tertiary/aromatic N) is 1. The zero-order chi connectivity index (χ0) is 13.9. The van der Waals surface area contributed by atoms with Crippen molar-refractivity contribution >= 4 is 11.3 Å². The van der Waals surface area contributed by atoms with E-state index in [1.807, 2.05) is 11.3 Å². The Morgan fingerprint density at radius 3 is 2.53 bits per heavy atom. The molecule has 0 fully saturated rings. The van der Waals surface area contributed by atoms with Crippen molar-refractivity contribution in [1.82, 2.24) is 10.3 Å². The topological polar surface area (TPSA) is 24.9 Å². The van der Waals surface area contributed by atoms with Crippen molar-refractivity contribution in [2.45, 2.75) is 39.7 Å². The second-order valence-corrected chi connectivity index (χ2v) is 6.38. The van der Waals surface area contributed by atoms with Crippen LogP contribution >= 0.6 is 11.3 Å². The highest BCUT2D eigenvalue weighted by molar-refractivity contribution is 7.11. The smallest absolute Gasteiger partial charge is 0.103 e. The summed E-state index contributed by atoms with van der Waals surface area (Å²) in [4.78, 5) is 6.14. The summed E-state index contributed by atoms with van der Waals surface area (Å²) in [6.45, 7) is 10.6. The number of aromatic nitrogens is 1. The van der Waals surface area contributed by atoms with Gasteiger partial charge in [0.1, 0.15) is 5.01 Å². The Balaban J connectivity index is 2.31. The first-order chi connectivity index (χ1) is 9.05. The normalized spacial score (nSPS) is 11.8. The average Bonchev–Trinajstić information content (AvgIpc) is 2.79. The van der Waals surface area contributed by atoms with Gasteiger partial charge in [-0.05, 0) is 32.9 Å². The number of thiazole rings is 1. The first-order valence-electron chi connectivity index (χ1n) is 6.78. The molecule has 0 aliphatic carbocycles. The molecular formula is C16H22N2S. The summed E-state index contributed by atoms with van der Waals surface area (Å²) in [5.41, 5.74) is 2.45. The van der Waals surface area contributed by atoms with Gasteiger partial charge in [0.05, 0.1) is 5.69 Å². The lowest BCUT2D eigenvalue weighted by Gasteiger charge is -2.22. The van der Waals surface area contributed by atoms with Gasteiger partial charge in [0.15, 0.2) is 0 Å². The molecule has 3 heteroatoms. The van der Waals surface area contributed by atoms with Gasteiger partial charge in [-0.3, -0.25) is 0 Å². The van der Waals surface area contributed by atoms with Crippen molar-refractivity contribution in [3.63, 3.8) is 0 Å². The minimum atomic E-state index is -0.0266. The highest BCUT2D eigenvalue weighted by Gasteiger charge is 2.27. The second kappa shape index (κ2) is 5.85. The number of aryl methyl sites for hydroxylation is 1. The van der Waals surface area contributed by atoms with E-state index >= 15 is 0 Å². The Hall–Kier alpha value is -1.19. The molecule has 2 aromatic rings. The van der Waals surface area contributed by atoms with Crippen LogP contribution in [-0.4, -0.2) is 11.5 Å². The van der Waals surface area contributed by atoms with Crippen molar-refractivity contribution in [3.8, 4) is 0 Å². The van der Waals surface area contributed by atoms with E-state index < -0.39 is 0 Å². The van der Waals surface area contributed by atoms with Crippen LogP contribution in [0.4, 0.5) is 0 Å². The van der Waals surface area contributed by atoms with Gasteiger partial charge in [0, 0.05) is 16.8 Å². The van der Waals surface area contributed by atoms with E-state index in [-0.39, 0.29) is 5.41 Å². The van der Waals surface area contributed by atoms with E-state index in [2.05, 4.69) is 63.3 Å².